The van der Waals surface area contributed by atoms with E-state index in [1.54, 1.807) is 6.08 Å². The zero-order valence-electron chi connectivity index (χ0n) is 9.12. The zero-order chi connectivity index (χ0) is 11.1. The Morgan fingerprint density at radius 1 is 1.40 bits per heavy atom. The van der Waals surface area contributed by atoms with E-state index in [1.807, 2.05) is 31.2 Å². The first-order chi connectivity index (χ1) is 7.26. The van der Waals surface area contributed by atoms with Crippen molar-refractivity contribution in [2.45, 2.75) is 19.8 Å². The van der Waals surface area contributed by atoms with Crippen molar-refractivity contribution in [2.75, 3.05) is 6.54 Å². The lowest BCUT2D eigenvalue weighted by molar-refractivity contribution is -0.120. The molecule has 15 heavy (non-hydrogen) atoms. The summed E-state index contributed by atoms with van der Waals surface area (Å²) < 4.78 is 0. The molecule has 0 heterocycles. The summed E-state index contributed by atoms with van der Waals surface area (Å²) in [5, 5.41) is 2.85. The van der Waals surface area contributed by atoms with Crippen LogP contribution >= 0.6 is 0 Å². The summed E-state index contributed by atoms with van der Waals surface area (Å²) in [5.74, 6) is 0.0863. The summed E-state index contributed by atoms with van der Waals surface area (Å²) in [6, 6.07) is 7.86. The van der Waals surface area contributed by atoms with Crippen LogP contribution in [0.1, 0.15) is 24.5 Å². The van der Waals surface area contributed by atoms with E-state index >= 15 is 0 Å². The van der Waals surface area contributed by atoms with Gasteiger partial charge in [0.1, 0.15) is 0 Å². The Morgan fingerprint density at radius 2 is 2.07 bits per heavy atom. The highest BCUT2D eigenvalue weighted by atomic mass is 16.1. The molecule has 0 unspecified atom stereocenters. The van der Waals surface area contributed by atoms with E-state index in [2.05, 4.69) is 11.9 Å². The maximum absolute atomic E-state index is 11.4. The minimum Gasteiger partial charge on any atom is -0.356 e. The van der Waals surface area contributed by atoms with E-state index in [4.69, 9.17) is 0 Å². The molecule has 0 saturated heterocycles. The number of amides is 1. The predicted octanol–water partition coefficient (Wildman–Crippen LogP) is 2.40. The van der Waals surface area contributed by atoms with E-state index in [-0.39, 0.29) is 5.91 Å². The Balaban J connectivity index is 2.49. The molecule has 0 aliphatic carbocycles. The second-order valence-corrected chi connectivity index (χ2v) is 3.47. The molecule has 80 valence electrons. The monoisotopic (exact) mass is 203 g/mol. The fourth-order valence-electron chi connectivity index (χ4n) is 1.28. The summed E-state index contributed by atoms with van der Waals surface area (Å²) in [4.78, 5) is 11.4. The summed E-state index contributed by atoms with van der Waals surface area (Å²) in [5.41, 5.74) is 2.11. The zero-order valence-corrected chi connectivity index (χ0v) is 9.12. The van der Waals surface area contributed by atoms with Crippen molar-refractivity contribution < 1.29 is 4.79 Å². The van der Waals surface area contributed by atoms with Crippen molar-refractivity contribution in [3.63, 3.8) is 0 Å². The SMILES string of the molecule is C=Cc1ccc(CC(=O)NCCC)cc1. The number of hydrogen-bond donors (Lipinski definition) is 1. The Morgan fingerprint density at radius 3 is 2.60 bits per heavy atom. The van der Waals surface area contributed by atoms with Gasteiger partial charge in [-0.3, -0.25) is 4.79 Å². The minimum absolute atomic E-state index is 0.0863. The van der Waals surface area contributed by atoms with Crippen molar-refractivity contribution >= 4 is 12.0 Å². The Kier molecular flexibility index (Phi) is 4.61. The van der Waals surface area contributed by atoms with Crippen LogP contribution in [-0.4, -0.2) is 12.5 Å². The lowest BCUT2D eigenvalue weighted by atomic mass is 10.1. The third kappa shape index (κ3) is 3.98. The molecule has 2 heteroatoms. The van der Waals surface area contributed by atoms with Crippen LogP contribution < -0.4 is 5.32 Å². The molecular formula is C13H17NO. The molecule has 0 aliphatic heterocycles. The van der Waals surface area contributed by atoms with Crippen molar-refractivity contribution in [3.8, 4) is 0 Å². The number of carbonyl (C=O) groups excluding carboxylic acids is 1. The molecular weight excluding hydrogens is 186 g/mol. The van der Waals surface area contributed by atoms with Gasteiger partial charge in [0, 0.05) is 6.54 Å². The average molecular weight is 203 g/mol. The lowest BCUT2D eigenvalue weighted by Gasteiger charge is -2.03. The summed E-state index contributed by atoms with van der Waals surface area (Å²) in [6.45, 7) is 6.48. The quantitative estimate of drug-likeness (QED) is 0.782. The lowest BCUT2D eigenvalue weighted by Crippen LogP contribution is -2.25. The molecule has 1 N–H and O–H groups in total. The van der Waals surface area contributed by atoms with Crippen molar-refractivity contribution in [2.24, 2.45) is 0 Å². The highest BCUT2D eigenvalue weighted by Gasteiger charge is 2.01. The van der Waals surface area contributed by atoms with Gasteiger partial charge in [-0.05, 0) is 17.5 Å². The Labute approximate surface area is 91.0 Å². The topological polar surface area (TPSA) is 29.1 Å². The van der Waals surface area contributed by atoms with Crippen LogP contribution in [0.25, 0.3) is 6.08 Å². The predicted molar refractivity (Wildman–Crippen MR) is 63.5 cm³/mol. The summed E-state index contributed by atoms with van der Waals surface area (Å²) >= 11 is 0. The summed E-state index contributed by atoms with van der Waals surface area (Å²) in [7, 11) is 0. The first kappa shape index (κ1) is 11.5. The molecule has 0 fully saturated rings. The maximum atomic E-state index is 11.4. The van der Waals surface area contributed by atoms with E-state index in [0.29, 0.717) is 6.42 Å². The van der Waals surface area contributed by atoms with Crippen molar-refractivity contribution in [1.82, 2.24) is 5.32 Å². The molecule has 0 bridgehead atoms. The van der Waals surface area contributed by atoms with E-state index in [9.17, 15) is 4.79 Å². The molecule has 0 atom stereocenters. The van der Waals surface area contributed by atoms with Gasteiger partial charge in [0.2, 0.25) is 5.91 Å². The van der Waals surface area contributed by atoms with Crippen LogP contribution in [0.15, 0.2) is 30.8 Å². The van der Waals surface area contributed by atoms with Gasteiger partial charge in [-0.2, -0.15) is 0 Å². The fourth-order valence-corrected chi connectivity index (χ4v) is 1.28. The molecule has 1 aromatic rings. The molecule has 0 aliphatic rings. The van der Waals surface area contributed by atoms with Crippen LogP contribution in [0.4, 0.5) is 0 Å². The van der Waals surface area contributed by atoms with Gasteiger partial charge in [0.15, 0.2) is 0 Å². The standard InChI is InChI=1S/C13H17NO/c1-3-9-14-13(15)10-12-7-5-11(4-2)6-8-12/h4-8H,2-3,9-10H2,1H3,(H,14,15). The largest absolute Gasteiger partial charge is 0.356 e. The van der Waals surface area contributed by atoms with Gasteiger partial charge in [0.25, 0.3) is 0 Å². The number of rotatable bonds is 5. The van der Waals surface area contributed by atoms with E-state index in [0.717, 1.165) is 24.1 Å². The number of nitrogens with one attached hydrogen (secondary N) is 1. The van der Waals surface area contributed by atoms with Gasteiger partial charge in [-0.25, -0.2) is 0 Å². The molecule has 0 saturated carbocycles. The van der Waals surface area contributed by atoms with Gasteiger partial charge in [0.05, 0.1) is 6.42 Å². The second kappa shape index (κ2) is 6.02. The Bertz CT molecular complexity index is 327. The molecule has 0 aromatic heterocycles. The average Bonchev–Trinajstić information content (AvgIpc) is 2.27. The Hall–Kier alpha value is -1.57. The number of benzene rings is 1. The molecule has 1 rings (SSSR count). The highest BCUT2D eigenvalue weighted by Crippen LogP contribution is 2.05. The molecule has 1 aromatic carbocycles. The normalized spacial score (nSPS) is 9.67. The van der Waals surface area contributed by atoms with E-state index in [1.165, 1.54) is 0 Å². The van der Waals surface area contributed by atoms with Crippen LogP contribution in [0.3, 0.4) is 0 Å². The highest BCUT2D eigenvalue weighted by molar-refractivity contribution is 5.78. The van der Waals surface area contributed by atoms with Gasteiger partial charge in [-0.1, -0.05) is 43.8 Å². The molecule has 1 amide bonds. The van der Waals surface area contributed by atoms with Crippen LogP contribution in [0.5, 0.6) is 0 Å². The molecule has 0 radical (unpaired) electrons. The van der Waals surface area contributed by atoms with Crippen molar-refractivity contribution in [1.29, 1.82) is 0 Å². The fraction of sp³-hybridized carbons (Fsp3) is 0.308. The summed E-state index contributed by atoms with van der Waals surface area (Å²) in [6.07, 6.45) is 3.22. The first-order valence-corrected chi connectivity index (χ1v) is 5.24. The van der Waals surface area contributed by atoms with Gasteiger partial charge < -0.3 is 5.32 Å². The van der Waals surface area contributed by atoms with Crippen LogP contribution in [0.2, 0.25) is 0 Å². The van der Waals surface area contributed by atoms with Gasteiger partial charge >= 0.3 is 0 Å². The molecule has 2 nitrogen and oxygen atoms in total. The van der Waals surface area contributed by atoms with Crippen LogP contribution in [-0.2, 0) is 11.2 Å². The number of hydrogen-bond acceptors (Lipinski definition) is 1. The second-order valence-electron chi connectivity index (χ2n) is 3.47. The van der Waals surface area contributed by atoms with E-state index < -0.39 is 0 Å². The van der Waals surface area contributed by atoms with Crippen LogP contribution in [0, 0.1) is 0 Å². The number of carbonyl (C=O) groups is 1. The molecule has 0 spiro atoms. The third-order valence-corrected chi connectivity index (χ3v) is 2.15. The smallest absolute Gasteiger partial charge is 0.224 e. The minimum atomic E-state index is 0.0863. The maximum Gasteiger partial charge on any atom is 0.224 e. The van der Waals surface area contributed by atoms with Gasteiger partial charge in [-0.15, -0.1) is 0 Å². The third-order valence-electron chi connectivity index (χ3n) is 2.15. The van der Waals surface area contributed by atoms with Crippen molar-refractivity contribution in [3.05, 3.63) is 42.0 Å². The first-order valence-electron chi connectivity index (χ1n) is 5.24.